The minimum Gasteiger partial charge on any atom is -0.438 e. The quantitative estimate of drug-likeness (QED) is 0.581. The van der Waals surface area contributed by atoms with Gasteiger partial charge in [0, 0.05) is 23.8 Å². The maximum absolute atomic E-state index is 14.6. The van der Waals surface area contributed by atoms with Crippen molar-refractivity contribution >= 4 is 15.7 Å². The van der Waals surface area contributed by atoms with E-state index in [0.717, 1.165) is 37.1 Å². The number of hydrogen-bond donors (Lipinski definition) is 1. The van der Waals surface area contributed by atoms with E-state index in [1.807, 2.05) is 0 Å². The molecule has 1 heterocycles. The fourth-order valence-electron chi connectivity index (χ4n) is 3.57. The summed E-state index contributed by atoms with van der Waals surface area (Å²) in [6.45, 7) is 0. The predicted octanol–water partition coefficient (Wildman–Crippen LogP) is 4.23. The molecule has 4 rings (SSSR count). The summed E-state index contributed by atoms with van der Waals surface area (Å²) in [6, 6.07) is 7.89. The number of halogens is 2. The van der Waals surface area contributed by atoms with Crippen LogP contribution in [0.15, 0.2) is 48.0 Å². The van der Waals surface area contributed by atoms with E-state index in [1.165, 1.54) is 6.08 Å². The largest absolute Gasteiger partial charge is 0.438 e. The number of benzene rings is 1. The Morgan fingerprint density at radius 3 is 2.48 bits per heavy atom. The third-order valence-electron chi connectivity index (χ3n) is 5.83. The van der Waals surface area contributed by atoms with E-state index in [4.69, 9.17) is 4.74 Å². The first-order chi connectivity index (χ1) is 15.6. The Kier molecular flexibility index (Phi) is 6.47. The average Bonchev–Trinajstić information content (AvgIpc) is 3.57. The van der Waals surface area contributed by atoms with Gasteiger partial charge in [-0.25, -0.2) is 13.4 Å². The number of para-hydroxylation sites is 1. The second kappa shape index (κ2) is 9.17. The van der Waals surface area contributed by atoms with Crippen LogP contribution in [0.25, 0.3) is 0 Å². The van der Waals surface area contributed by atoms with E-state index < -0.39 is 39.5 Å². The zero-order chi connectivity index (χ0) is 23.6. The van der Waals surface area contributed by atoms with Gasteiger partial charge in [-0.05, 0) is 43.7 Å². The number of carbonyl (C=O) groups excluding carboxylic acids is 1. The lowest BCUT2D eigenvalue weighted by molar-refractivity contribution is -0.0379. The number of rotatable bonds is 9. The Labute approximate surface area is 191 Å². The Balaban J connectivity index is 1.64. The molecule has 7 nitrogen and oxygen atoms in total. The molecule has 0 aliphatic heterocycles. The molecule has 2 aliphatic rings. The van der Waals surface area contributed by atoms with E-state index in [1.54, 1.807) is 30.3 Å². The van der Waals surface area contributed by atoms with Crippen LogP contribution in [0.5, 0.6) is 11.6 Å². The van der Waals surface area contributed by atoms with Crippen LogP contribution >= 0.6 is 0 Å². The second-order valence-electron chi connectivity index (χ2n) is 8.57. The monoisotopic (exact) mass is 477 g/mol. The van der Waals surface area contributed by atoms with Gasteiger partial charge < -0.3 is 10.1 Å². The second-order valence-corrected chi connectivity index (χ2v) is 10.5. The molecule has 1 aromatic heterocycles. The summed E-state index contributed by atoms with van der Waals surface area (Å²) >= 11 is 0. The van der Waals surface area contributed by atoms with Gasteiger partial charge in [0.15, 0.2) is 9.84 Å². The van der Waals surface area contributed by atoms with Gasteiger partial charge >= 0.3 is 5.92 Å². The van der Waals surface area contributed by atoms with Gasteiger partial charge in [0.1, 0.15) is 11.3 Å². The number of sulfone groups is 1. The molecule has 0 bridgehead atoms. The van der Waals surface area contributed by atoms with Crippen molar-refractivity contribution in [2.45, 2.75) is 44.1 Å². The molecule has 2 aliphatic carbocycles. The van der Waals surface area contributed by atoms with Crippen LogP contribution < -0.4 is 10.1 Å². The number of alkyl halides is 2. The fourth-order valence-corrected chi connectivity index (χ4v) is 4.02. The zero-order valence-electron chi connectivity index (χ0n) is 18.1. The maximum atomic E-state index is 14.6. The molecule has 2 fully saturated rings. The number of nitrogens with one attached hydrogen (secondary N) is 1. The van der Waals surface area contributed by atoms with Crippen LogP contribution in [0, 0.1) is 11.8 Å². The molecule has 0 spiro atoms. The summed E-state index contributed by atoms with van der Waals surface area (Å²) in [5.41, 5.74) is -0.105. The molecule has 176 valence electrons. The zero-order valence-corrected chi connectivity index (χ0v) is 18.9. The smallest absolute Gasteiger partial charge is 0.309 e. The van der Waals surface area contributed by atoms with Crippen molar-refractivity contribution in [1.82, 2.24) is 15.3 Å². The van der Waals surface area contributed by atoms with E-state index in [9.17, 15) is 22.0 Å². The minimum atomic E-state index is -3.37. The van der Waals surface area contributed by atoms with E-state index in [-0.39, 0.29) is 17.4 Å². The molecular weight excluding hydrogens is 452 g/mol. The van der Waals surface area contributed by atoms with E-state index in [0.29, 0.717) is 18.6 Å². The molecule has 0 radical (unpaired) electrons. The number of ether oxygens (including phenoxy) is 1. The standard InChI is InChI=1S/C23H25F2N3O4S/c1-33(30,31)13-12-19(15-6-5-7-15)27-20(29)18-14-26-22(23(24,25)16-10-11-16)28-21(18)32-17-8-3-2-4-9-17/h2-4,8-9,12-16,19H,5-7,10-11H2,1H3,(H,27,29)/b13-12+. The van der Waals surface area contributed by atoms with Crippen LogP contribution in [0.2, 0.25) is 0 Å². The molecule has 1 unspecified atom stereocenters. The first kappa shape index (κ1) is 23.3. The highest BCUT2D eigenvalue weighted by Gasteiger charge is 2.50. The molecule has 10 heteroatoms. The highest BCUT2D eigenvalue weighted by molar-refractivity contribution is 7.93. The summed E-state index contributed by atoms with van der Waals surface area (Å²) in [7, 11) is -3.37. The lowest BCUT2D eigenvalue weighted by Crippen LogP contribution is -2.42. The normalized spacial score (nSPS) is 18.0. The maximum Gasteiger partial charge on any atom is 0.309 e. The number of amides is 1. The number of hydrogen-bond acceptors (Lipinski definition) is 6. The van der Waals surface area contributed by atoms with Gasteiger partial charge in [0.05, 0.1) is 6.04 Å². The molecule has 1 atom stereocenters. The van der Waals surface area contributed by atoms with Crippen LogP contribution in [0.1, 0.15) is 48.3 Å². The van der Waals surface area contributed by atoms with Crippen LogP contribution in [-0.2, 0) is 15.8 Å². The first-order valence-electron chi connectivity index (χ1n) is 10.8. The number of aromatic nitrogens is 2. The third-order valence-corrected chi connectivity index (χ3v) is 6.48. The lowest BCUT2D eigenvalue weighted by Gasteiger charge is -2.32. The van der Waals surface area contributed by atoms with Gasteiger partial charge in [-0.3, -0.25) is 4.79 Å². The lowest BCUT2D eigenvalue weighted by atomic mass is 9.79. The molecule has 2 saturated carbocycles. The Morgan fingerprint density at radius 2 is 1.91 bits per heavy atom. The molecular formula is C23H25F2N3O4S. The predicted molar refractivity (Wildman–Crippen MR) is 118 cm³/mol. The van der Waals surface area contributed by atoms with Crippen molar-refractivity contribution in [3.63, 3.8) is 0 Å². The topological polar surface area (TPSA) is 98.2 Å². The number of carbonyl (C=O) groups is 1. The van der Waals surface area contributed by atoms with Gasteiger partial charge in [-0.2, -0.15) is 13.8 Å². The highest BCUT2D eigenvalue weighted by Crippen LogP contribution is 2.48. The summed E-state index contributed by atoms with van der Waals surface area (Å²) in [6.07, 6.45) is 7.02. The first-order valence-corrected chi connectivity index (χ1v) is 12.8. The van der Waals surface area contributed by atoms with E-state index in [2.05, 4.69) is 15.3 Å². The van der Waals surface area contributed by atoms with E-state index >= 15 is 0 Å². The minimum absolute atomic E-state index is 0.0878. The fraction of sp³-hybridized carbons (Fsp3) is 0.435. The van der Waals surface area contributed by atoms with Crippen molar-refractivity contribution < 1.29 is 26.7 Å². The highest BCUT2D eigenvalue weighted by atomic mass is 32.2. The molecule has 2 aromatic rings. The molecule has 0 saturated heterocycles. The van der Waals surface area contributed by atoms with Crippen molar-refractivity contribution in [3.8, 4) is 11.6 Å². The van der Waals surface area contributed by atoms with Gasteiger partial charge in [-0.1, -0.05) is 30.7 Å². The Hall–Kier alpha value is -2.88. The SMILES string of the molecule is CS(=O)(=O)/C=C/C(NC(=O)c1cnc(C(F)(F)C2CC2)nc1Oc1ccccc1)C1CCC1. The van der Waals surface area contributed by atoms with Crippen molar-refractivity contribution in [1.29, 1.82) is 0 Å². The van der Waals surface area contributed by atoms with Crippen molar-refractivity contribution in [2.75, 3.05) is 6.26 Å². The van der Waals surface area contributed by atoms with Crippen molar-refractivity contribution in [2.24, 2.45) is 11.8 Å². The summed E-state index contributed by atoms with van der Waals surface area (Å²) in [4.78, 5) is 20.8. The molecule has 1 aromatic carbocycles. The third kappa shape index (κ3) is 5.73. The Morgan fingerprint density at radius 1 is 1.21 bits per heavy atom. The summed E-state index contributed by atoms with van der Waals surface area (Å²) in [5, 5.41) is 3.85. The number of nitrogens with zero attached hydrogens (tertiary/aromatic N) is 2. The Bertz CT molecular complexity index is 1150. The molecule has 33 heavy (non-hydrogen) atoms. The van der Waals surface area contributed by atoms with Crippen LogP contribution in [-0.4, -0.2) is 36.6 Å². The summed E-state index contributed by atoms with van der Waals surface area (Å²) < 4.78 is 58.1. The summed E-state index contributed by atoms with van der Waals surface area (Å²) in [5.74, 6) is -5.19. The van der Waals surface area contributed by atoms with Gasteiger partial charge in [0.25, 0.3) is 5.91 Å². The van der Waals surface area contributed by atoms with Crippen LogP contribution in [0.4, 0.5) is 8.78 Å². The van der Waals surface area contributed by atoms with Crippen LogP contribution in [0.3, 0.4) is 0 Å². The van der Waals surface area contributed by atoms with Gasteiger partial charge in [-0.15, -0.1) is 0 Å². The molecule has 1 N–H and O–H groups in total. The van der Waals surface area contributed by atoms with Crippen molar-refractivity contribution in [3.05, 3.63) is 59.4 Å². The average molecular weight is 478 g/mol. The molecule has 1 amide bonds. The van der Waals surface area contributed by atoms with Gasteiger partial charge in [0.2, 0.25) is 11.7 Å².